The Morgan fingerprint density at radius 3 is 2.12 bits per heavy atom. The largest absolute Gasteiger partial charge is 0.480 e. The number of carbonyl (C=O) groups is 3. The summed E-state index contributed by atoms with van der Waals surface area (Å²) in [6.07, 6.45) is -0.0616. The predicted molar refractivity (Wildman–Crippen MR) is 57.4 cm³/mol. The average molecular weight is 230 g/mol. The minimum absolute atomic E-state index is 0.00644. The van der Waals surface area contributed by atoms with E-state index in [4.69, 9.17) is 10.8 Å². The van der Waals surface area contributed by atoms with Crippen molar-refractivity contribution in [2.24, 2.45) is 11.1 Å². The average Bonchev–Trinajstić information content (AvgIpc) is 2.09. The lowest BCUT2D eigenvalue weighted by Gasteiger charge is -2.21. The van der Waals surface area contributed by atoms with Crippen LogP contribution in [0.3, 0.4) is 0 Å². The Morgan fingerprint density at radius 1 is 1.31 bits per heavy atom. The number of primary amides is 1. The standard InChI is InChI=1S/C10H18N2O4/c1-10(2,3)9(16)12-6(8(14)15)4-5-7(11)13/h6H,4-5H2,1-3H3,(H2,11,13)(H,12,16)(H,14,15). The molecular weight excluding hydrogens is 212 g/mol. The third-order valence-corrected chi connectivity index (χ3v) is 1.96. The van der Waals surface area contributed by atoms with Gasteiger partial charge in [0.2, 0.25) is 11.8 Å². The molecule has 0 heterocycles. The van der Waals surface area contributed by atoms with Crippen LogP contribution in [0.5, 0.6) is 0 Å². The summed E-state index contributed by atoms with van der Waals surface area (Å²) in [7, 11) is 0. The SMILES string of the molecule is CC(C)(C)C(=O)NC(CCC(N)=O)C(=O)O. The summed E-state index contributed by atoms with van der Waals surface area (Å²) in [6, 6.07) is -1.07. The second-order valence-electron chi connectivity index (χ2n) is 4.62. The topological polar surface area (TPSA) is 109 Å². The normalized spacial score (nSPS) is 12.9. The van der Waals surface area contributed by atoms with Crippen molar-refractivity contribution < 1.29 is 19.5 Å². The first-order valence-electron chi connectivity index (χ1n) is 4.96. The zero-order chi connectivity index (χ0) is 12.9. The first-order valence-corrected chi connectivity index (χ1v) is 4.96. The van der Waals surface area contributed by atoms with Gasteiger partial charge in [-0.3, -0.25) is 9.59 Å². The molecule has 1 atom stereocenters. The van der Waals surface area contributed by atoms with Gasteiger partial charge in [-0.2, -0.15) is 0 Å². The molecule has 0 saturated carbocycles. The van der Waals surface area contributed by atoms with Crippen molar-refractivity contribution in [3.63, 3.8) is 0 Å². The van der Waals surface area contributed by atoms with Crippen LogP contribution in [0.1, 0.15) is 33.6 Å². The van der Waals surface area contributed by atoms with Crippen LogP contribution in [0.2, 0.25) is 0 Å². The number of nitrogens with one attached hydrogen (secondary N) is 1. The van der Waals surface area contributed by atoms with Crippen molar-refractivity contribution in [1.82, 2.24) is 5.32 Å². The van der Waals surface area contributed by atoms with Crippen LogP contribution in [-0.4, -0.2) is 28.9 Å². The molecule has 0 aromatic heterocycles. The molecule has 0 fully saturated rings. The van der Waals surface area contributed by atoms with Crippen molar-refractivity contribution in [3.8, 4) is 0 Å². The van der Waals surface area contributed by atoms with E-state index in [2.05, 4.69) is 5.32 Å². The number of hydrogen-bond acceptors (Lipinski definition) is 3. The molecule has 0 aromatic carbocycles. The summed E-state index contributed by atoms with van der Waals surface area (Å²) in [5.41, 5.74) is 4.25. The Bertz CT molecular complexity index is 294. The molecule has 0 aliphatic heterocycles. The molecule has 0 radical (unpaired) electrons. The van der Waals surface area contributed by atoms with Crippen LogP contribution in [-0.2, 0) is 14.4 Å². The van der Waals surface area contributed by atoms with E-state index in [0.717, 1.165) is 0 Å². The molecule has 0 spiro atoms. The lowest BCUT2D eigenvalue weighted by Crippen LogP contribution is -2.46. The molecule has 0 aromatic rings. The van der Waals surface area contributed by atoms with E-state index in [0.29, 0.717) is 0 Å². The maximum atomic E-state index is 11.5. The Labute approximate surface area is 94.2 Å². The quantitative estimate of drug-likeness (QED) is 0.611. The number of carbonyl (C=O) groups excluding carboxylic acids is 2. The molecular formula is C10H18N2O4. The molecule has 0 bridgehead atoms. The van der Waals surface area contributed by atoms with Gasteiger partial charge in [0.25, 0.3) is 0 Å². The summed E-state index contributed by atoms with van der Waals surface area (Å²) in [5.74, 6) is -2.13. The number of carboxylic acids is 1. The third kappa shape index (κ3) is 5.33. The Morgan fingerprint density at radius 2 is 1.81 bits per heavy atom. The van der Waals surface area contributed by atoms with Crippen LogP contribution in [0.4, 0.5) is 0 Å². The van der Waals surface area contributed by atoms with Crippen molar-refractivity contribution in [3.05, 3.63) is 0 Å². The van der Waals surface area contributed by atoms with Gasteiger partial charge in [-0.1, -0.05) is 20.8 Å². The van der Waals surface area contributed by atoms with Gasteiger partial charge in [0.15, 0.2) is 0 Å². The molecule has 16 heavy (non-hydrogen) atoms. The zero-order valence-corrected chi connectivity index (χ0v) is 9.74. The Balaban J connectivity index is 4.41. The monoisotopic (exact) mass is 230 g/mol. The molecule has 0 rings (SSSR count). The van der Waals surface area contributed by atoms with Gasteiger partial charge < -0.3 is 16.2 Å². The molecule has 0 saturated heterocycles. The van der Waals surface area contributed by atoms with Gasteiger partial charge in [0, 0.05) is 11.8 Å². The van der Waals surface area contributed by atoms with Gasteiger partial charge in [0.1, 0.15) is 6.04 Å². The minimum atomic E-state index is -1.17. The highest BCUT2D eigenvalue weighted by Crippen LogP contribution is 2.13. The number of rotatable bonds is 5. The lowest BCUT2D eigenvalue weighted by atomic mass is 9.95. The maximum Gasteiger partial charge on any atom is 0.326 e. The van der Waals surface area contributed by atoms with Crippen LogP contribution in [0, 0.1) is 5.41 Å². The van der Waals surface area contributed by atoms with Crippen molar-refractivity contribution >= 4 is 17.8 Å². The number of carboxylic acid groups (broad SMARTS) is 1. The van der Waals surface area contributed by atoms with Gasteiger partial charge in [-0.05, 0) is 6.42 Å². The van der Waals surface area contributed by atoms with Gasteiger partial charge in [-0.15, -0.1) is 0 Å². The van der Waals surface area contributed by atoms with Crippen LogP contribution in [0.25, 0.3) is 0 Å². The second-order valence-corrected chi connectivity index (χ2v) is 4.62. The smallest absolute Gasteiger partial charge is 0.326 e. The molecule has 1 unspecified atom stereocenters. The van der Waals surface area contributed by atoms with Crippen molar-refractivity contribution in [1.29, 1.82) is 0 Å². The first kappa shape index (κ1) is 14.4. The highest BCUT2D eigenvalue weighted by atomic mass is 16.4. The van der Waals surface area contributed by atoms with Crippen molar-refractivity contribution in [2.75, 3.05) is 0 Å². The first-order chi connectivity index (χ1) is 7.14. The third-order valence-electron chi connectivity index (χ3n) is 1.96. The fraction of sp³-hybridized carbons (Fsp3) is 0.700. The van der Waals surface area contributed by atoms with E-state index < -0.39 is 23.3 Å². The highest BCUT2D eigenvalue weighted by Gasteiger charge is 2.27. The van der Waals surface area contributed by atoms with Crippen molar-refractivity contribution in [2.45, 2.75) is 39.7 Å². The van der Waals surface area contributed by atoms with E-state index in [9.17, 15) is 14.4 Å². The highest BCUT2D eigenvalue weighted by molar-refractivity contribution is 5.87. The summed E-state index contributed by atoms with van der Waals surface area (Å²) >= 11 is 0. The van der Waals surface area contributed by atoms with E-state index in [1.54, 1.807) is 20.8 Å². The molecule has 4 N–H and O–H groups in total. The number of nitrogens with two attached hydrogens (primary N) is 1. The van der Waals surface area contributed by atoms with E-state index in [-0.39, 0.29) is 18.7 Å². The van der Waals surface area contributed by atoms with Crippen LogP contribution < -0.4 is 11.1 Å². The molecule has 0 aliphatic rings. The molecule has 2 amide bonds. The van der Waals surface area contributed by atoms with Crippen LogP contribution in [0.15, 0.2) is 0 Å². The summed E-state index contributed by atoms with van der Waals surface area (Å²) in [4.78, 5) is 32.9. The summed E-state index contributed by atoms with van der Waals surface area (Å²) in [6.45, 7) is 5.03. The number of amides is 2. The fourth-order valence-corrected chi connectivity index (χ4v) is 0.919. The minimum Gasteiger partial charge on any atom is -0.480 e. The number of aliphatic carboxylic acids is 1. The zero-order valence-electron chi connectivity index (χ0n) is 9.74. The molecule has 6 heteroatoms. The van der Waals surface area contributed by atoms with E-state index in [1.807, 2.05) is 0 Å². The molecule has 6 nitrogen and oxygen atoms in total. The van der Waals surface area contributed by atoms with E-state index >= 15 is 0 Å². The summed E-state index contributed by atoms with van der Waals surface area (Å²) < 4.78 is 0. The predicted octanol–water partition coefficient (Wildman–Crippen LogP) is -0.133. The number of hydrogen-bond donors (Lipinski definition) is 3. The Hall–Kier alpha value is -1.59. The lowest BCUT2D eigenvalue weighted by molar-refractivity contribution is -0.143. The maximum absolute atomic E-state index is 11.5. The van der Waals surface area contributed by atoms with Gasteiger partial charge in [-0.25, -0.2) is 4.79 Å². The van der Waals surface area contributed by atoms with Crippen LogP contribution >= 0.6 is 0 Å². The molecule has 0 aliphatic carbocycles. The van der Waals surface area contributed by atoms with Gasteiger partial charge >= 0.3 is 5.97 Å². The van der Waals surface area contributed by atoms with E-state index in [1.165, 1.54) is 0 Å². The Kier molecular flexibility index (Phi) is 4.94. The fourth-order valence-electron chi connectivity index (χ4n) is 0.919. The van der Waals surface area contributed by atoms with Gasteiger partial charge in [0.05, 0.1) is 0 Å². The molecule has 92 valence electrons. The second kappa shape index (κ2) is 5.48. The summed E-state index contributed by atoms with van der Waals surface area (Å²) in [5, 5.41) is 11.2.